The molecule has 0 rings (SSSR count). The molecule has 0 aromatic heterocycles. The van der Waals surface area contributed by atoms with Gasteiger partial charge in [-0.05, 0) is 4.99 Å². The fourth-order valence-corrected chi connectivity index (χ4v) is 0.378. The Morgan fingerprint density at radius 2 is 2.50 bits per heavy atom. The second-order valence-electron chi connectivity index (χ2n) is 1.07. The van der Waals surface area contributed by atoms with Gasteiger partial charge in [-0.25, -0.2) is 0 Å². The molecule has 4 heteroatoms. The molecule has 0 saturated carbocycles. The van der Waals surface area contributed by atoms with E-state index in [0.717, 1.165) is 0 Å². The van der Waals surface area contributed by atoms with Gasteiger partial charge in [-0.2, -0.15) is 0 Å². The standard InChI is InChI=1S/C4H6BrNO2/c5-1-2-6-3-4(7)8/h1-2,6H,3H2,(H,7,8). The average molecular weight is 180 g/mol. The Hall–Kier alpha value is -0.510. The average Bonchev–Trinajstić information content (AvgIpc) is 1.66. The number of carboxylic acids is 1. The van der Waals surface area contributed by atoms with Gasteiger partial charge in [0.25, 0.3) is 0 Å². The molecule has 0 spiro atoms. The molecule has 0 fully saturated rings. The number of aliphatic carboxylic acids is 1. The Kier molecular flexibility index (Phi) is 4.35. The van der Waals surface area contributed by atoms with Crippen molar-refractivity contribution >= 4 is 21.9 Å². The number of rotatable bonds is 3. The Labute approximate surface area is 55.5 Å². The van der Waals surface area contributed by atoms with Crippen molar-refractivity contribution in [1.82, 2.24) is 5.32 Å². The Morgan fingerprint density at radius 1 is 1.88 bits per heavy atom. The fourth-order valence-electron chi connectivity index (χ4n) is 0.191. The SMILES string of the molecule is O=C(O)CNC=CBr. The van der Waals surface area contributed by atoms with Crippen molar-refractivity contribution < 1.29 is 9.90 Å². The van der Waals surface area contributed by atoms with Crippen molar-refractivity contribution in [3.63, 3.8) is 0 Å². The van der Waals surface area contributed by atoms with Crippen LogP contribution < -0.4 is 5.32 Å². The molecular formula is C4H6BrNO2. The summed E-state index contributed by atoms with van der Waals surface area (Å²) in [5, 5.41) is 10.5. The molecule has 0 amide bonds. The van der Waals surface area contributed by atoms with Crippen molar-refractivity contribution in [2.75, 3.05) is 6.54 Å². The highest BCUT2D eigenvalue weighted by molar-refractivity contribution is 9.11. The molecule has 8 heavy (non-hydrogen) atoms. The highest BCUT2D eigenvalue weighted by Crippen LogP contribution is 1.76. The lowest BCUT2D eigenvalue weighted by Crippen LogP contribution is -2.16. The minimum Gasteiger partial charge on any atom is -0.480 e. The van der Waals surface area contributed by atoms with Gasteiger partial charge < -0.3 is 10.4 Å². The minimum atomic E-state index is -0.865. The van der Waals surface area contributed by atoms with Crippen LogP contribution in [0, 0.1) is 0 Å². The zero-order valence-corrected chi connectivity index (χ0v) is 5.68. The highest BCUT2D eigenvalue weighted by Gasteiger charge is 1.87. The molecule has 46 valence electrons. The van der Waals surface area contributed by atoms with Gasteiger partial charge in [0.2, 0.25) is 0 Å². The van der Waals surface area contributed by atoms with E-state index >= 15 is 0 Å². The van der Waals surface area contributed by atoms with Crippen molar-refractivity contribution in [2.24, 2.45) is 0 Å². The third kappa shape index (κ3) is 5.49. The molecular weight excluding hydrogens is 174 g/mol. The first-order valence-corrected chi connectivity index (χ1v) is 2.89. The summed E-state index contributed by atoms with van der Waals surface area (Å²) in [7, 11) is 0. The van der Waals surface area contributed by atoms with Crippen LogP contribution in [0.4, 0.5) is 0 Å². The van der Waals surface area contributed by atoms with E-state index in [4.69, 9.17) is 5.11 Å². The molecule has 0 radical (unpaired) electrons. The molecule has 0 aromatic carbocycles. The van der Waals surface area contributed by atoms with Crippen LogP contribution in [0.15, 0.2) is 11.2 Å². The molecule has 0 unspecified atom stereocenters. The van der Waals surface area contributed by atoms with Gasteiger partial charge in [-0.1, -0.05) is 15.9 Å². The number of carboxylic acid groups (broad SMARTS) is 1. The van der Waals surface area contributed by atoms with Crippen LogP contribution >= 0.6 is 15.9 Å². The molecule has 0 aliphatic carbocycles. The number of halogens is 1. The Balaban J connectivity index is 3.05. The predicted octanol–water partition coefficient (Wildman–Crippen LogP) is 0.527. The van der Waals surface area contributed by atoms with Gasteiger partial charge >= 0.3 is 5.97 Å². The second-order valence-corrected chi connectivity index (χ2v) is 1.60. The molecule has 0 aromatic rings. The van der Waals surface area contributed by atoms with Crippen LogP contribution in [0.2, 0.25) is 0 Å². The molecule has 0 heterocycles. The van der Waals surface area contributed by atoms with Crippen LogP contribution in [0.5, 0.6) is 0 Å². The van der Waals surface area contributed by atoms with E-state index in [0.29, 0.717) is 0 Å². The highest BCUT2D eigenvalue weighted by atomic mass is 79.9. The molecule has 0 aliphatic heterocycles. The minimum absolute atomic E-state index is 0.0396. The van der Waals surface area contributed by atoms with Crippen LogP contribution in [0.25, 0.3) is 0 Å². The number of carbonyl (C=O) groups is 1. The second kappa shape index (κ2) is 4.64. The van der Waals surface area contributed by atoms with E-state index in [1.807, 2.05) is 0 Å². The first-order valence-electron chi connectivity index (χ1n) is 1.98. The Morgan fingerprint density at radius 3 is 2.88 bits per heavy atom. The van der Waals surface area contributed by atoms with Crippen molar-refractivity contribution in [1.29, 1.82) is 0 Å². The van der Waals surface area contributed by atoms with E-state index < -0.39 is 5.97 Å². The van der Waals surface area contributed by atoms with Gasteiger partial charge in [0.15, 0.2) is 0 Å². The van der Waals surface area contributed by atoms with E-state index in [-0.39, 0.29) is 6.54 Å². The van der Waals surface area contributed by atoms with Crippen LogP contribution in [0.1, 0.15) is 0 Å². The summed E-state index contributed by atoms with van der Waals surface area (Å²) in [6.07, 6.45) is 1.51. The lowest BCUT2D eigenvalue weighted by Gasteiger charge is -1.89. The summed E-state index contributed by atoms with van der Waals surface area (Å²) >= 11 is 2.96. The molecule has 0 saturated heterocycles. The maximum atomic E-state index is 9.76. The molecule has 2 N–H and O–H groups in total. The maximum absolute atomic E-state index is 9.76. The van der Waals surface area contributed by atoms with Crippen LogP contribution in [-0.4, -0.2) is 17.6 Å². The van der Waals surface area contributed by atoms with Crippen molar-refractivity contribution in [3.05, 3.63) is 11.2 Å². The van der Waals surface area contributed by atoms with Crippen molar-refractivity contribution in [3.8, 4) is 0 Å². The summed E-state index contributed by atoms with van der Waals surface area (Å²) in [6.45, 7) is -0.0396. The normalized spacial score (nSPS) is 9.62. The van der Waals surface area contributed by atoms with Crippen molar-refractivity contribution in [2.45, 2.75) is 0 Å². The van der Waals surface area contributed by atoms with Gasteiger partial charge in [-0.3, -0.25) is 4.79 Å². The van der Waals surface area contributed by atoms with E-state index in [2.05, 4.69) is 21.2 Å². The van der Waals surface area contributed by atoms with Crippen LogP contribution in [-0.2, 0) is 4.79 Å². The quantitative estimate of drug-likeness (QED) is 0.665. The molecule has 0 atom stereocenters. The first-order chi connectivity index (χ1) is 3.77. The summed E-state index contributed by atoms with van der Waals surface area (Å²) in [5.41, 5.74) is 0. The first kappa shape index (κ1) is 7.49. The number of hydrogen-bond donors (Lipinski definition) is 2. The van der Waals surface area contributed by atoms with E-state index in [9.17, 15) is 4.79 Å². The smallest absolute Gasteiger partial charge is 0.322 e. The summed E-state index contributed by atoms with van der Waals surface area (Å²) < 4.78 is 0. The fraction of sp³-hybridized carbons (Fsp3) is 0.250. The predicted molar refractivity (Wildman–Crippen MR) is 33.7 cm³/mol. The van der Waals surface area contributed by atoms with E-state index in [1.165, 1.54) is 6.20 Å². The lowest BCUT2D eigenvalue weighted by molar-refractivity contribution is -0.135. The number of nitrogens with one attached hydrogen (secondary N) is 1. The van der Waals surface area contributed by atoms with E-state index in [1.54, 1.807) is 4.99 Å². The lowest BCUT2D eigenvalue weighted by atomic mass is 10.7. The Bertz CT molecular complexity index is 102. The van der Waals surface area contributed by atoms with Gasteiger partial charge in [0.1, 0.15) is 6.54 Å². The van der Waals surface area contributed by atoms with Gasteiger partial charge in [-0.15, -0.1) is 0 Å². The zero-order valence-electron chi connectivity index (χ0n) is 4.10. The summed E-state index contributed by atoms with van der Waals surface area (Å²) in [5.74, 6) is -0.865. The zero-order chi connectivity index (χ0) is 6.41. The molecule has 3 nitrogen and oxygen atoms in total. The largest absolute Gasteiger partial charge is 0.480 e. The maximum Gasteiger partial charge on any atom is 0.322 e. The topological polar surface area (TPSA) is 49.3 Å². The van der Waals surface area contributed by atoms with Gasteiger partial charge in [0.05, 0.1) is 0 Å². The summed E-state index contributed by atoms with van der Waals surface area (Å²) in [6, 6.07) is 0. The molecule has 0 bridgehead atoms. The number of hydrogen-bond acceptors (Lipinski definition) is 2. The molecule has 0 aliphatic rings. The third-order valence-corrected chi connectivity index (χ3v) is 0.698. The monoisotopic (exact) mass is 179 g/mol. The van der Waals surface area contributed by atoms with Crippen LogP contribution in [0.3, 0.4) is 0 Å². The third-order valence-electron chi connectivity index (χ3n) is 0.434. The summed E-state index contributed by atoms with van der Waals surface area (Å²) in [4.78, 5) is 11.3. The van der Waals surface area contributed by atoms with Gasteiger partial charge in [0, 0.05) is 6.20 Å².